The third-order valence-electron chi connectivity index (χ3n) is 5.02. The minimum atomic E-state index is 0.151. The predicted octanol–water partition coefficient (Wildman–Crippen LogP) is 1.97. The number of nitrogens with zero attached hydrogens (tertiary/aromatic N) is 3. The van der Waals surface area contributed by atoms with E-state index in [9.17, 15) is 4.79 Å². The van der Waals surface area contributed by atoms with Gasteiger partial charge < -0.3 is 10.6 Å². The lowest BCUT2D eigenvalue weighted by atomic mass is 9.84. The van der Waals surface area contributed by atoms with Gasteiger partial charge in [0.25, 0.3) is 0 Å². The van der Waals surface area contributed by atoms with Gasteiger partial charge >= 0.3 is 0 Å². The average Bonchev–Trinajstić information content (AvgIpc) is 3.15. The fourth-order valence-corrected chi connectivity index (χ4v) is 3.41. The van der Waals surface area contributed by atoms with E-state index in [4.69, 9.17) is 0 Å². The largest absolute Gasteiger partial charge is 0.352 e. The molecule has 2 aromatic rings. The van der Waals surface area contributed by atoms with Crippen LogP contribution in [0.25, 0.3) is 0 Å². The standard InChI is InChI=1S/C19H27N5O/c1-15(18-6-8-20-9-7-18)10-19(25)22-11-16-2-4-17(5-3-16)12-24-14-21-13-23-24/h2-5,13-15,18,20H,6-12H2,1H3,(H,22,25). The number of hydrogen-bond acceptors (Lipinski definition) is 4. The Labute approximate surface area is 149 Å². The minimum absolute atomic E-state index is 0.151. The molecule has 0 bridgehead atoms. The normalized spacial score (nSPS) is 16.5. The second kappa shape index (κ2) is 8.76. The molecule has 0 aliphatic carbocycles. The topological polar surface area (TPSA) is 71.8 Å². The summed E-state index contributed by atoms with van der Waals surface area (Å²) in [5.41, 5.74) is 2.28. The van der Waals surface area contributed by atoms with Crippen molar-refractivity contribution >= 4 is 5.91 Å². The number of carbonyl (C=O) groups is 1. The summed E-state index contributed by atoms with van der Waals surface area (Å²) in [6.07, 6.45) is 6.23. The van der Waals surface area contributed by atoms with Crippen LogP contribution in [0.1, 0.15) is 37.3 Å². The molecule has 1 aliphatic rings. The van der Waals surface area contributed by atoms with Crippen LogP contribution in [0.3, 0.4) is 0 Å². The zero-order valence-electron chi connectivity index (χ0n) is 14.8. The van der Waals surface area contributed by atoms with Crippen molar-refractivity contribution in [1.29, 1.82) is 0 Å². The fourth-order valence-electron chi connectivity index (χ4n) is 3.41. The zero-order valence-corrected chi connectivity index (χ0v) is 14.8. The van der Waals surface area contributed by atoms with Gasteiger partial charge in [0.05, 0.1) is 6.54 Å². The number of amides is 1. The molecule has 6 nitrogen and oxygen atoms in total. The van der Waals surface area contributed by atoms with E-state index >= 15 is 0 Å². The molecule has 1 amide bonds. The molecule has 2 heterocycles. The van der Waals surface area contributed by atoms with E-state index in [0.29, 0.717) is 31.3 Å². The molecule has 1 fully saturated rings. The number of hydrogen-bond donors (Lipinski definition) is 2. The Bertz CT molecular complexity index is 647. The summed E-state index contributed by atoms with van der Waals surface area (Å²) in [6, 6.07) is 8.26. The van der Waals surface area contributed by atoms with Gasteiger partial charge in [0.1, 0.15) is 12.7 Å². The Morgan fingerprint density at radius 2 is 2.00 bits per heavy atom. The van der Waals surface area contributed by atoms with E-state index in [2.05, 4.69) is 51.9 Å². The highest BCUT2D eigenvalue weighted by molar-refractivity contribution is 5.76. The first kappa shape index (κ1) is 17.6. The van der Waals surface area contributed by atoms with E-state index in [1.165, 1.54) is 24.7 Å². The number of piperidine rings is 1. The molecule has 2 N–H and O–H groups in total. The lowest BCUT2D eigenvalue weighted by Crippen LogP contribution is -2.33. The first-order valence-corrected chi connectivity index (χ1v) is 9.08. The zero-order chi connectivity index (χ0) is 17.5. The van der Waals surface area contributed by atoms with Gasteiger partial charge in [-0.25, -0.2) is 9.67 Å². The Balaban J connectivity index is 1.42. The summed E-state index contributed by atoms with van der Waals surface area (Å²) in [6.45, 7) is 5.66. The SMILES string of the molecule is CC(CC(=O)NCc1ccc(Cn2cncn2)cc1)C1CCNCC1. The molecule has 0 saturated carbocycles. The van der Waals surface area contributed by atoms with Gasteiger partial charge in [-0.05, 0) is 48.9 Å². The van der Waals surface area contributed by atoms with Crippen molar-refractivity contribution in [2.75, 3.05) is 13.1 Å². The Morgan fingerprint density at radius 3 is 2.68 bits per heavy atom. The van der Waals surface area contributed by atoms with Crippen molar-refractivity contribution in [1.82, 2.24) is 25.4 Å². The molecule has 1 aromatic heterocycles. The first-order chi connectivity index (χ1) is 12.2. The Hall–Kier alpha value is -2.21. The molecule has 1 saturated heterocycles. The van der Waals surface area contributed by atoms with Crippen LogP contribution >= 0.6 is 0 Å². The first-order valence-electron chi connectivity index (χ1n) is 9.08. The molecule has 1 aliphatic heterocycles. The van der Waals surface area contributed by atoms with E-state index in [1.54, 1.807) is 11.0 Å². The van der Waals surface area contributed by atoms with Crippen LogP contribution < -0.4 is 10.6 Å². The Kier molecular flexibility index (Phi) is 6.17. The smallest absolute Gasteiger partial charge is 0.220 e. The maximum absolute atomic E-state index is 12.2. The van der Waals surface area contributed by atoms with Crippen molar-refractivity contribution in [2.24, 2.45) is 11.8 Å². The molecular weight excluding hydrogens is 314 g/mol. The van der Waals surface area contributed by atoms with E-state index < -0.39 is 0 Å². The number of carbonyl (C=O) groups excluding carboxylic acids is 1. The van der Waals surface area contributed by atoms with Gasteiger partial charge in [0.2, 0.25) is 5.91 Å². The van der Waals surface area contributed by atoms with Crippen LogP contribution in [0, 0.1) is 11.8 Å². The van der Waals surface area contributed by atoms with Gasteiger partial charge in [-0.1, -0.05) is 31.2 Å². The van der Waals surface area contributed by atoms with Crippen molar-refractivity contribution in [3.63, 3.8) is 0 Å². The van der Waals surface area contributed by atoms with Crippen LogP contribution in [-0.2, 0) is 17.9 Å². The highest BCUT2D eigenvalue weighted by Crippen LogP contribution is 2.24. The molecular formula is C19H27N5O. The number of aromatic nitrogens is 3. The van der Waals surface area contributed by atoms with Gasteiger partial charge in [-0.2, -0.15) is 5.10 Å². The molecule has 1 aromatic carbocycles. The molecule has 1 atom stereocenters. The van der Waals surface area contributed by atoms with Crippen LogP contribution in [0.4, 0.5) is 0 Å². The van der Waals surface area contributed by atoms with Crippen LogP contribution in [0.15, 0.2) is 36.9 Å². The van der Waals surface area contributed by atoms with Crippen molar-refractivity contribution in [3.8, 4) is 0 Å². The summed E-state index contributed by atoms with van der Waals surface area (Å²) in [4.78, 5) is 16.1. The van der Waals surface area contributed by atoms with Crippen molar-refractivity contribution in [3.05, 3.63) is 48.0 Å². The summed E-state index contributed by atoms with van der Waals surface area (Å²) in [5.74, 6) is 1.27. The summed E-state index contributed by atoms with van der Waals surface area (Å²) >= 11 is 0. The maximum atomic E-state index is 12.2. The highest BCUT2D eigenvalue weighted by Gasteiger charge is 2.21. The highest BCUT2D eigenvalue weighted by atomic mass is 16.1. The summed E-state index contributed by atoms with van der Waals surface area (Å²) < 4.78 is 1.79. The molecule has 0 radical (unpaired) electrons. The predicted molar refractivity (Wildman–Crippen MR) is 96.8 cm³/mol. The fraction of sp³-hybridized carbons (Fsp3) is 0.526. The van der Waals surface area contributed by atoms with E-state index in [-0.39, 0.29) is 5.91 Å². The van der Waals surface area contributed by atoms with Crippen LogP contribution in [-0.4, -0.2) is 33.8 Å². The quantitative estimate of drug-likeness (QED) is 0.808. The second-order valence-corrected chi connectivity index (χ2v) is 6.96. The Morgan fingerprint density at radius 1 is 1.28 bits per heavy atom. The molecule has 1 unspecified atom stereocenters. The van der Waals surface area contributed by atoms with Gasteiger partial charge in [-0.3, -0.25) is 4.79 Å². The number of benzene rings is 1. The van der Waals surface area contributed by atoms with Gasteiger partial charge in [-0.15, -0.1) is 0 Å². The minimum Gasteiger partial charge on any atom is -0.352 e. The summed E-state index contributed by atoms with van der Waals surface area (Å²) in [7, 11) is 0. The summed E-state index contributed by atoms with van der Waals surface area (Å²) in [5, 5.41) is 10.5. The third-order valence-corrected chi connectivity index (χ3v) is 5.02. The number of nitrogens with one attached hydrogen (secondary N) is 2. The van der Waals surface area contributed by atoms with Gasteiger partial charge in [0, 0.05) is 13.0 Å². The van der Waals surface area contributed by atoms with Gasteiger partial charge in [0.15, 0.2) is 0 Å². The lowest BCUT2D eigenvalue weighted by Gasteiger charge is -2.27. The monoisotopic (exact) mass is 341 g/mol. The molecule has 134 valence electrons. The molecule has 0 spiro atoms. The average molecular weight is 341 g/mol. The van der Waals surface area contributed by atoms with E-state index in [1.807, 2.05) is 0 Å². The molecule has 3 rings (SSSR count). The molecule has 6 heteroatoms. The lowest BCUT2D eigenvalue weighted by molar-refractivity contribution is -0.122. The van der Waals surface area contributed by atoms with Crippen LogP contribution in [0.2, 0.25) is 0 Å². The van der Waals surface area contributed by atoms with E-state index in [0.717, 1.165) is 18.7 Å². The second-order valence-electron chi connectivity index (χ2n) is 6.96. The van der Waals surface area contributed by atoms with Crippen LogP contribution in [0.5, 0.6) is 0 Å². The maximum Gasteiger partial charge on any atom is 0.220 e. The van der Waals surface area contributed by atoms with Crippen molar-refractivity contribution < 1.29 is 4.79 Å². The molecule has 25 heavy (non-hydrogen) atoms. The van der Waals surface area contributed by atoms with Crippen molar-refractivity contribution in [2.45, 2.75) is 39.3 Å². The third kappa shape index (κ3) is 5.39. The number of rotatable bonds is 7.